The van der Waals surface area contributed by atoms with Crippen LogP contribution in [-0.4, -0.2) is 25.5 Å². The van der Waals surface area contributed by atoms with Gasteiger partial charge >= 0.3 is 7.60 Å². The van der Waals surface area contributed by atoms with Crippen molar-refractivity contribution < 1.29 is 14.4 Å². The molecule has 4 aromatic rings. The number of nitrogens with zero attached hydrogens (tertiary/aromatic N) is 2. The van der Waals surface area contributed by atoms with Crippen LogP contribution in [0.2, 0.25) is 5.02 Å². The van der Waals surface area contributed by atoms with Crippen LogP contribution in [0.15, 0.2) is 60.9 Å². The second-order valence-corrected chi connectivity index (χ2v) is 10.2. The van der Waals surface area contributed by atoms with Gasteiger partial charge in [-0.2, -0.15) is 0 Å². The number of fused-ring (bicyclic) bond motifs is 1. The minimum Gasteiger partial charge on any atom is -0.355 e. The number of nitrogens with one attached hydrogen (secondary N) is 1. The van der Waals surface area contributed by atoms with Gasteiger partial charge in [0.05, 0.1) is 5.39 Å². The molecule has 0 aliphatic carbocycles. The molecule has 1 unspecified atom stereocenters. The summed E-state index contributed by atoms with van der Waals surface area (Å²) in [7, 11) is -4.43. The van der Waals surface area contributed by atoms with Gasteiger partial charge in [-0.1, -0.05) is 54.1 Å². The molecule has 154 valence electrons. The van der Waals surface area contributed by atoms with E-state index in [4.69, 9.17) is 11.6 Å². The number of halogens is 1. The average molecular weight is 460 g/mol. The highest BCUT2D eigenvalue weighted by Gasteiger charge is 2.30. The Kier molecular flexibility index (Phi) is 5.91. The Morgan fingerprint density at radius 2 is 1.90 bits per heavy atom. The quantitative estimate of drug-likeness (QED) is 0.330. The zero-order chi connectivity index (χ0) is 21.3. The largest absolute Gasteiger partial charge is 0.355 e. The van der Waals surface area contributed by atoms with Crippen LogP contribution in [0.3, 0.4) is 0 Å². The summed E-state index contributed by atoms with van der Waals surface area (Å²) < 4.78 is 12.1. The highest BCUT2D eigenvalue weighted by atomic mass is 35.5. The Morgan fingerprint density at radius 3 is 2.60 bits per heavy atom. The van der Waals surface area contributed by atoms with Crippen molar-refractivity contribution >= 4 is 46.6 Å². The fraction of sp³-hybridized carbons (Fsp3) is 0.143. The first-order valence-corrected chi connectivity index (χ1v) is 12.1. The molecule has 0 saturated heterocycles. The second-order valence-electron chi connectivity index (χ2n) is 6.95. The Balaban J connectivity index is 1.70. The summed E-state index contributed by atoms with van der Waals surface area (Å²) in [6.07, 6.45) is 1.56. The molecule has 0 aliphatic rings. The van der Waals surface area contributed by atoms with Gasteiger partial charge in [0.15, 0.2) is 0 Å². The van der Waals surface area contributed by atoms with E-state index in [2.05, 4.69) is 15.3 Å². The molecule has 0 saturated carbocycles. The number of benzene rings is 2. The van der Waals surface area contributed by atoms with Crippen molar-refractivity contribution in [1.29, 1.82) is 0 Å². The van der Waals surface area contributed by atoms with Crippen LogP contribution in [0.5, 0.6) is 0 Å². The molecule has 0 fully saturated rings. The van der Waals surface area contributed by atoms with Crippen LogP contribution < -0.4 is 5.32 Å². The number of aryl methyl sites for hydroxylation is 1. The molecule has 2 aromatic heterocycles. The molecule has 3 N–H and O–H groups in total. The van der Waals surface area contributed by atoms with E-state index in [0.717, 1.165) is 26.4 Å². The van der Waals surface area contributed by atoms with Crippen LogP contribution >= 0.6 is 30.5 Å². The maximum absolute atomic E-state index is 12.1. The van der Waals surface area contributed by atoms with Crippen molar-refractivity contribution in [2.45, 2.75) is 19.1 Å². The summed E-state index contributed by atoms with van der Waals surface area (Å²) in [5.41, 5.74) is 2.77. The summed E-state index contributed by atoms with van der Waals surface area (Å²) in [5.74, 6) is -0.708. The van der Waals surface area contributed by atoms with E-state index in [0.29, 0.717) is 16.2 Å². The van der Waals surface area contributed by atoms with E-state index >= 15 is 0 Å². The molecule has 0 radical (unpaired) electrons. The molecule has 0 aliphatic heterocycles. The third-order valence-electron chi connectivity index (χ3n) is 4.77. The Hall–Kier alpha value is -2.28. The van der Waals surface area contributed by atoms with Gasteiger partial charge in [-0.3, -0.25) is 4.57 Å². The molecular formula is C21H19ClN3O3PS. The molecule has 4 rings (SSSR count). The predicted molar refractivity (Wildman–Crippen MR) is 122 cm³/mol. The van der Waals surface area contributed by atoms with Crippen LogP contribution in [0.25, 0.3) is 20.7 Å². The molecule has 2 aromatic carbocycles. The SMILES string of the molecule is Cc1ccc(-c2cc3c(NC(Cc4ccccc4)P(=O)(O)O)ncnc3s2)cc1Cl. The predicted octanol–water partition coefficient (Wildman–Crippen LogP) is 5.48. The summed E-state index contributed by atoms with van der Waals surface area (Å²) in [6.45, 7) is 1.94. The Bertz CT molecular complexity index is 1240. The topological polar surface area (TPSA) is 95.3 Å². The van der Waals surface area contributed by atoms with Crippen molar-refractivity contribution in [1.82, 2.24) is 9.97 Å². The van der Waals surface area contributed by atoms with Crippen LogP contribution in [0.1, 0.15) is 11.1 Å². The van der Waals surface area contributed by atoms with Gasteiger partial charge in [0.25, 0.3) is 0 Å². The molecule has 1 atom stereocenters. The molecule has 2 heterocycles. The van der Waals surface area contributed by atoms with Gasteiger partial charge in [-0.05, 0) is 35.7 Å². The summed E-state index contributed by atoms with van der Waals surface area (Å²) in [4.78, 5) is 30.1. The fourth-order valence-electron chi connectivity index (χ4n) is 3.11. The first-order valence-electron chi connectivity index (χ1n) is 9.18. The zero-order valence-corrected chi connectivity index (χ0v) is 18.5. The molecule has 0 bridgehead atoms. The lowest BCUT2D eigenvalue weighted by Gasteiger charge is -2.20. The van der Waals surface area contributed by atoms with Gasteiger partial charge < -0.3 is 15.1 Å². The first-order chi connectivity index (χ1) is 14.3. The maximum atomic E-state index is 12.1. The van der Waals surface area contributed by atoms with Crippen molar-refractivity contribution in [2.75, 3.05) is 5.32 Å². The number of rotatable bonds is 6. The van der Waals surface area contributed by atoms with E-state index in [9.17, 15) is 14.4 Å². The molecule has 0 spiro atoms. The number of anilines is 1. The summed E-state index contributed by atoms with van der Waals surface area (Å²) >= 11 is 7.74. The van der Waals surface area contributed by atoms with Gasteiger partial charge in [0.1, 0.15) is 22.8 Å². The first kappa shape index (κ1) is 21.0. The fourth-order valence-corrected chi connectivity index (χ4v) is 5.02. The van der Waals surface area contributed by atoms with Crippen molar-refractivity contribution in [3.63, 3.8) is 0 Å². The van der Waals surface area contributed by atoms with Crippen molar-refractivity contribution in [3.05, 3.63) is 77.1 Å². The van der Waals surface area contributed by atoms with Crippen molar-refractivity contribution in [3.8, 4) is 10.4 Å². The van der Waals surface area contributed by atoms with Gasteiger partial charge in [-0.15, -0.1) is 11.3 Å². The highest BCUT2D eigenvalue weighted by molar-refractivity contribution is 7.52. The van der Waals surface area contributed by atoms with Crippen LogP contribution in [-0.2, 0) is 11.0 Å². The molecule has 6 nitrogen and oxygen atoms in total. The lowest BCUT2D eigenvalue weighted by Crippen LogP contribution is -2.23. The maximum Gasteiger partial charge on any atom is 0.347 e. The zero-order valence-electron chi connectivity index (χ0n) is 16.0. The van der Waals surface area contributed by atoms with Crippen LogP contribution in [0, 0.1) is 6.92 Å². The molecule has 9 heteroatoms. The number of hydrogen-bond donors (Lipinski definition) is 3. The summed E-state index contributed by atoms with van der Waals surface area (Å²) in [5, 5.41) is 4.35. The van der Waals surface area contributed by atoms with E-state index in [1.54, 1.807) is 0 Å². The lowest BCUT2D eigenvalue weighted by molar-refractivity contribution is 0.361. The minimum atomic E-state index is -4.43. The van der Waals surface area contributed by atoms with E-state index in [1.807, 2.05) is 61.5 Å². The third kappa shape index (κ3) is 4.56. The average Bonchev–Trinajstić information content (AvgIpc) is 3.15. The lowest BCUT2D eigenvalue weighted by atomic mass is 10.1. The van der Waals surface area contributed by atoms with Gasteiger partial charge in [-0.25, -0.2) is 9.97 Å². The Morgan fingerprint density at radius 1 is 1.13 bits per heavy atom. The smallest absolute Gasteiger partial charge is 0.347 e. The van der Waals surface area contributed by atoms with Crippen molar-refractivity contribution in [2.24, 2.45) is 0 Å². The minimum absolute atomic E-state index is 0.168. The number of aromatic nitrogens is 2. The van der Waals surface area contributed by atoms with E-state index < -0.39 is 13.4 Å². The molecular weight excluding hydrogens is 441 g/mol. The number of thiophene rings is 1. The van der Waals surface area contributed by atoms with Gasteiger partial charge in [0, 0.05) is 16.3 Å². The van der Waals surface area contributed by atoms with Gasteiger partial charge in [0.2, 0.25) is 0 Å². The number of hydrogen-bond acceptors (Lipinski definition) is 5. The molecule has 30 heavy (non-hydrogen) atoms. The monoisotopic (exact) mass is 459 g/mol. The van der Waals surface area contributed by atoms with Crippen LogP contribution in [0.4, 0.5) is 5.82 Å². The normalized spacial score (nSPS) is 12.8. The molecule has 0 amide bonds. The van der Waals surface area contributed by atoms with E-state index in [1.165, 1.54) is 17.7 Å². The Labute approximate surface area is 182 Å². The van der Waals surface area contributed by atoms with E-state index in [-0.39, 0.29) is 6.42 Å². The standard InChI is InChI=1S/C21H19ClN3O3PS/c1-13-7-8-15(10-17(13)22)18-11-16-20(23-12-24-21(16)30-18)25-19(29(26,27)28)9-14-5-3-2-4-6-14/h2-8,10-12,19H,9H2,1H3,(H,23,24,25)(H2,26,27,28). The summed E-state index contributed by atoms with van der Waals surface area (Å²) in [6, 6.07) is 17.0. The second kappa shape index (κ2) is 8.46. The highest BCUT2D eigenvalue weighted by Crippen LogP contribution is 2.44. The third-order valence-corrected chi connectivity index (χ3v) is 7.39.